The van der Waals surface area contributed by atoms with Gasteiger partial charge in [0.2, 0.25) is 0 Å². The highest BCUT2D eigenvalue weighted by molar-refractivity contribution is 7.98. The van der Waals surface area contributed by atoms with Gasteiger partial charge in [0.15, 0.2) is 17.5 Å². The van der Waals surface area contributed by atoms with Crippen LogP contribution in [0, 0.1) is 11.3 Å². The van der Waals surface area contributed by atoms with Crippen molar-refractivity contribution in [2.45, 2.75) is 23.5 Å². The van der Waals surface area contributed by atoms with E-state index >= 15 is 0 Å². The molecule has 2 aliphatic carbocycles. The molecule has 0 amide bonds. The van der Waals surface area contributed by atoms with Gasteiger partial charge in [0, 0.05) is 27.3 Å². The first-order valence-corrected chi connectivity index (χ1v) is 20.5. The van der Waals surface area contributed by atoms with Gasteiger partial charge in [0.25, 0.3) is 0 Å². The quantitative estimate of drug-likeness (QED) is 0.169. The van der Waals surface area contributed by atoms with Crippen LogP contribution in [-0.2, 0) is 5.75 Å². The monoisotopic (exact) mass is 760 g/mol. The Balaban J connectivity index is 0.920. The van der Waals surface area contributed by atoms with Crippen LogP contribution in [0.2, 0.25) is 0 Å². The Labute approximate surface area is 343 Å². The number of nitrogens with zero attached hydrogens (tertiary/aromatic N) is 4. The number of hydrogen-bond donors (Lipinski definition) is 0. The van der Waals surface area contributed by atoms with E-state index in [1.807, 2.05) is 84.6 Å². The first-order chi connectivity index (χ1) is 28.7. The molecule has 1 aromatic heterocycles. The van der Waals surface area contributed by atoms with Gasteiger partial charge in [0.1, 0.15) is 0 Å². The van der Waals surface area contributed by atoms with Gasteiger partial charge in [-0.2, -0.15) is 5.26 Å². The molecule has 1 aliphatic heterocycles. The van der Waals surface area contributed by atoms with E-state index in [4.69, 9.17) is 15.0 Å². The summed E-state index contributed by atoms with van der Waals surface area (Å²) in [5.74, 6) is 2.89. The summed E-state index contributed by atoms with van der Waals surface area (Å²) in [5.41, 5.74) is 16.8. The molecule has 6 aromatic carbocycles. The summed E-state index contributed by atoms with van der Waals surface area (Å²) in [6, 6.07) is 52.7. The van der Waals surface area contributed by atoms with Crippen molar-refractivity contribution in [2.24, 2.45) is 0 Å². The third-order valence-corrected chi connectivity index (χ3v) is 12.2. The summed E-state index contributed by atoms with van der Waals surface area (Å²) in [7, 11) is 0. The van der Waals surface area contributed by atoms with Gasteiger partial charge in [-0.1, -0.05) is 164 Å². The van der Waals surface area contributed by atoms with E-state index in [0.717, 1.165) is 52.0 Å². The molecule has 0 radical (unpaired) electrons. The molecule has 0 saturated heterocycles. The van der Waals surface area contributed by atoms with Gasteiger partial charge in [-0.15, -0.1) is 11.8 Å². The Hall–Kier alpha value is -7.13. The second-order valence-corrected chi connectivity index (χ2v) is 15.6. The van der Waals surface area contributed by atoms with Crippen molar-refractivity contribution < 1.29 is 0 Å². The number of hydrogen-bond acceptors (Lipinski definition) is 5. The average Bonchev–Trinajstić information content (AvgIpc) is 3.64. The maximum atomic E-state index is 10.1. The van der Waals surface area contributed by atoms with Crippen molar-refractivity contribution in [3.63, 3.8) is 0 Å². The molecule has 2 heterocycles. The highest BCUT2D eigenvalue weighted by atomic mass is 32.2. The lowest BCUT2D eigenvalue weighted by atomic mass is 9.92. The zero-order chi connectivity index (χ0) is 38.8. The molecule has 7 aromatic rings. The lowest BCUT2D eigenvalue weighted by molar-refractivity contribution is 1.07. The Kier molecular flexibility index (Phi) is 9.39. The molecule has 10 rings (SSSR count). The second kappa shape index (κ2) is 15.4. The van der Waals surface area contributed by atoms with Crippen molar-refractivity contribution in [1.82, 2.24) is 15.0 Å². The van der Waals surface area contributed by atoms with Crippen molar-refractivity contribution in [3.05, 3.63) is 215 Å². The Bertz CT molecular complexity index is 2870. The molecule has 0 saturated carbocycles. The smallest absolute Gasteiger partial charge is 0.164 e. The second-order valence-electron chi connectivity index (χ2n) is 14.6. The van der Waals surface area contributed by atoms with Crippen LogP contribution in [-0.4, -0.2) is 15.0 Å². The van der Waals surface area contributed by atoms with Crippen LogP contribution in [0.15, 0.2) is 198 Å². The van der Waals surface area contributed by atoms with E-state index in [2.05, 4.69) is 115 Å². The zero-order valence-electron chi connectivity index (χ0n) is 31.6. The fourth-order valence-corrected chi connectivity index (χ4v) is 9.18. The van der Waals surface area contributed by atoms with Gasteiger partial charge in [-0.3, -0.25) is 0 Å². The summed E-state index contributed by atoms with van der Waals surface area (Å²) >= 11 is 1.88. The molecule has 58 heavy (non-hydrogen) atoms. The van der Waals surface area contributed by atoms with Gasteiger partial charge in [0.05, 0.1) is 11.6 Å². The van der Waals surface area contributed by atoms with E-state index in [9.17, 15) is 5.26 Å². The number of allylic oxidation sites excluding steroid dienone is 10. The Morgan fingerprint density at radius 1 is 0.466 bits per heavy atom. The molecule has 0 atom stereocenters. The highest BCUT2D eigenvalue weighted by Crippen LogP contribution is 2.46. The third-order valence-electron chi connectivity index (χ3n) is 11.0. The highest BCUT2D eigenvalue weighted by Gasteiger charge is 2.21. The summed E-state index contributed by atoms with van der Waals surface area (Å²) in [6.07, 6.45) is 15.2. The average molecular weight is 761 g/mol. The SMILES string of the molecule is N#Cc1cc(C2=CCC3=CCC(c4ccc(-c5nc(-c6ccccc6)nc(-c6ccccc6)n5)cc4)=CC=C3C=C2)cc(-c2cccc3c2SCc2ccccc2-3)c1. The molecule has 0 spiro atoms. The van der Waals surface area contributed by atoms with Crippen molar-refractivity contribution in [1.29, 1.82) is 5.26 Å². The summed E-state index contributed by atoms with van der Waals surface area (Å²) in [5, 5.41) is 10.1. The molecule has 0 bridgehead atoms. The topological polar surface area (TPSA) is 62.5 Å². The van der Waals surface area contributed by atoms with Crippen molar-refractivity contribution >= 4 is 22.9 Å². The minimum atomic E-state index is 0.647. The molecule has 0 fully saturated rings. The summed E-state index contributed by atoms with van der Waals surface area (Å²) < 4.78 is 0. The lowest BCUT2D eigenvalue weighted by Crippen LogP contribution is -2.00. The maximum Gasteiger partial charge on any atom is 0.164 e. The first kappa shape index (κ1) is 35.3. The number of rotatable bonds is 6. The van der Waals surface area contributed by atoms with Gasteiger partial charge in [-0.25, -0.2) is 15.0 Å². The molecule has 0 unspecified atom stereocenters. The van der Waals surface area contributed by atoms with Crippen LogP contribution in [0.4, 0.5) is 0 Å². The number of fused-ring (bicyclic) bond motifs is 4. The van der Waals surface area contributed by atoms with E-state index in [1.54, 1.807) is 0 Å². The predicted molar refractivity (Wildman–Crippen MR) is 238 cm³/mol. The number of nitriles is 1. The van der Waals surface area contributed by atoms with Crippen LogP contribution in [0.1, 0.15) is 35.1 Å². The fourth-order valence-electron chi connectivity index (χ4n) is 7.95. The molecular formula is C53H36N4S. The minimum Gasteiger partial charge on any atom is -0.208 e. The maximum absolute atomic E-state index is 10.1. The normalized spacial score (nSPS) is 14.3. The molecule has 0 N–H and O–H groups in total. The Morgan fingerprint density at radius 2 is 1.05 bits per heavy atom. The van der Waals surface area contributed by atoms with Crippen LogP contribution < -0.4 is 0 Å². The number of aromatic nitrogens is 3. The van der Waals surface area contributed by atoms with Crippen LogP contribution in [0.25, 0.3) is 67.6 Å². The van der Waals surface area contributed by atoms with E-state index < -0.39 is 0 Å². The van der Waals surface area contributed by atoms with Crippen molar-refractivity contribution in [3.8, 4) is 62.5 Å². The van der Waals surface area contributed by atoms with E-state index in [-0.39, 0.29) is 0 Å². The third kappa shape index (κ3) is 6.96. The van der Waals surface area contributed by atoms with E-state index in [1.165, 1.54) is 49.4 Å². The first-order valence-electron chi connectivity index (χ1n) is 19.5. The number of benzene rings is 6. The van der Waals surface area contributed by atoms with Crippen LogP contribution in [0.5, 0.6) is 0 Å². The molecule has 3 aliphatic rings. The molecule has 4 nitrogen and oxygen atoms in total. The Morgan fingerprint density at radius 3 is 1.78 bits per heavy atom. The van der Waals surface area contributed by atoms with E-state index in [0.29, 0.717) is 23.0 Å². The number of thioether (sulfide) groups is 1. The van der Waals surface area contributed by atoms with Gasteiger partial charge in [-0.05, 0) is 92.3 Å². The summed E-state index contributed by atoms with van der Waals surface area (Å²) in [4.78, 5) is 15.9. The lowest BCUT2D eigenvalue weighted by Gasteiger charge is -2.22. The van der Waals surface area contributed by atoms with Crippen molar-refractivity contribution in [2.75, 3.05) is 0 Å². The summed E-state index contributed by atoms with van der Waals surface area (Å²) in [6.45, 7) is 0. The minimum absolute atomic E-state index is 0.647. The van der Waals surface area contributed by atoms with Crippen LogP contribution >= 0.6 is 11.8 Å². The standard InChI is InChI=1S/C53H36N4S/c54-33-35-30-45(32-46(31-35)48-16-9-17-49-47-15-8-7-14-44(47)34-58-50(48)49)40-24-22-37-20-18-36(19-21-38(37)23-25-40)39-26-28-43(29-27-39)53-56-51(41-10-3-1-4-11-41)55-52(57-53)42-12-5-2-6-13-42/h1-18,20-22,24-32H,19,23,34H2. The fraction of sp³-hybridized carbons (Fsp3) is 0.0566. The van der Waals surface area contributed by atoms with Gasteiger partial charge < -0.3 is 0 Å². The van der Waals surface area contributed by atoms with Crippen LogP contribution in [0.3, 0.4) is 0 Å². The van der Waals surface area contributed by atoms with Gasteiger partial charge >= 0.3 is 0 Å². The molecule has 274 valence electrons. The zero-order valence-corrected chi connectivity index (χ0v) is 32.5. The largest absolute Gasteiger partial charge is 0.208 e. The molecule has 5 heteroatoms. The molecular weight excluding hydrogens is 725 g/mol. The predicted octanol–water partition coefficient (Wildman–Crippen LogP) is 13.4.